The van der Waals surface area contributed by atoms with Crippen molar-refractivity contribution in [3.63, 3.8) is 0 Å². The van der Waals surface area contributed by atoms with E-state index in [1.807, 2.05) is 0 Å². The van der Waals surface area contributed by atoms with E-state index < -0.39 is 0 Å². The highest BCUT2D eigenvalue weighted by atomic mass is 16.5. The summed E-state index contributed by atoms with van der Waals surface area (Å²) in [5.74, 6) is 0.606. The van der Waals surface area contributed by atoms with Gasteiger partial charge in [-0.1, -0.05) is 0 Å². The fraction of sp³-hybridized carbons (Fsp3) is 0.167. The molecule has 0 N–H and O–H groups in total. The van der Waals surface area contributed by atoms with Crippen molar-refractivity contribution >= 4 is 5.78 Å². The third kappa shape index (κ3) is 2.42. The summed E-state index contributed by atoms with van der Waals surface area (Å²) < 4.78 is 9.88. The van der Waals surface area contributed by atoms with Gasteiger partial charge < -0.3 is 9.47 Å². The number of nitrogens with zero attached hydrogens (tertiary/aromatic N) is 3. The van der Waals surface area contributed by atoms with Gasteiger partial charge in [-0.25, -0.2) is 0 Å². The van der Waals surface area contributed by atoms with Gasteiger partial charge in [0.15, 0.2) is 0 Å². The summed E-state index contributed by atoms with van der Waals surface area (Å²) in [5, 5.41) is 7.53. The van der Waals surface area contributed by atoms with Gasteiger partial charge in [-0.3, -0.25) is 9.78 Å². The molecule has 0 spiro atoms. The van der Waals surface area contributed by atoms with Crippen LogP contribution in [0.1, 0.15) is 16.1 Å². The molecule has 2 heterocycles. The van der Waals surface area contributed by atoms with Crippen LogP contribution in [0.3, 0.4) is 0 Å². The normalized spacial score (nSPS) is 9.89. The number of carbonyl (C=O) groups is 1. The van der Waals surface area contributed by atoms with Gasteiger partial charge in [0.25, 0.3) is 0 Å². The minimum absolute atomic E-state index is 0.228. The van der Waals surface area contributed by atoms with Gasteiger partial charge in [0.2, 0.25) is 11.7 Å². The molecule has 0 saturated carbocycles. The maximum Gasteiger partial charge on any atom is 0.233 e. The number of pyridine rings is 1. The molecule has 0 radical (unpaired) electrons. The van der Waals surface area contributed by atoms with Gasteiger partial charge in [-0.05, 0) is 12.1 Å². The fourth-order valence-electron chi connectivity index (χ4n) is 1.35. The summed E-state index contributed by atoms with van der Waals surface area (Å²) >= 11 is 0. The summed E-state index contributed by atoms with van der Waals surface area (Å²) in [6, 6.07) is 4.72. The summed E-state index contributed by atoms with van der Waals surface area (Å²) in [6.07, 6.45) is 2.98. The molecule has 0 unspecified atom stereocenters. The number of ketones is 1. The number of rotatable bonds is 4. The topological polar surface area (TPSA) is 74.2 Å². The molecule has 18 heavy (non-hydrogen) atoms. The van der Waals surface area contributed by atoms with E-state index in [4.69, 9.17) is 9.47 Å². The van der Waals surface area contributed by atoms with Crippen molar-refractivity contribution in [2.24, 2.45) is 0 Å². The largest absolute Gasteiger partial charge is 0.495 e. The summed E-state index contributed by atoms with van der Waals surface area (Å²) in [6.45, 7) is 0. The van der Waals surface area contributed by atoms with Crippen LogP contribution < -0.4 is 9.47 Å². The molecule has 2 aromatic rings. The molecule has 0 aliphatic heterocycles. The molecule has 6 nitrogen and oxygen atoms in total. The highest BCUT2D eigenvalue weighted by Crippen LogP contribution is 2.14. The first-order valence-corrected chi connectivity index (χ1v) is 5.16. The average Bonchev–Trinajstić information content (AvgIpc) is 2.46. The van der Waals surface area contributed by atoms with Crippen molar-refractivity contribution in [2.75, 3.05) is 14.2 Å². The Morgan fingerprint density at radius 2 is 1.94 bits per heavy atom. The van der Waals surface area contributed by atoms with Gasteiger partial charge in [-0.15, -0.1) is 10.2 Å². The Morgan fingerprint density at radius 3 is 2.56 bits per heavy atom. The molecular formula is C12H11N3O3. The van der Waals surface area contributed by atoms with Crippen molar-refractivity contribution in [3.05, 3.63) is 41.9 Å². The van der Waals surface area contributed by atoms with Crippen LogP contribution in [0.2, 0.25) is 0 Å². The van der Waals surface area contributed by atoms with Crippen LogP contribution in [-0.2, 0) is 0 Å². The average molecular weight is 245 g/mol. The van der Waals surface area contributed by atoms with Crippen molar-refractivity contribution in [2.45, 2.75) is 0 Å². The second kappa shape index (κ2) is 5.22. The Balaban J connectivity index is 2.29. The third-order valence-electron chi connectivity index (χ3n) is 2.29. The highest BCUT2D eigenvalue weighted by molar-refractivity contribution is 6.07. The lowest BCUT2D eigenvalue weighted by molar-refractivity contribution is 0.103. The number of hydrogen-bond donors (Lipinski definition) is 0. The van der Waals surface area contributed by atoms with Crippen LogP contribution in [0.15, 0.2) is 30.6 Å². The zero-order valence-corrected chi connectivity index (χ0v) is 9.95. The van der Waals surface area contributed by atoms with Crippen LogP contribution in [0.25, 0.3) is 0 Å². The lowest BCUT2D eigenvalue weighted by atomic mass is 10.1. The van der Waals surface area contributed by atoms with Gasteiger partial charge in [-0.2, -0.15) is 0 Å². The molecule has 0 amide bonds. The van der Waals surface area contributed by atoms with E-state index in [-0.39, 0.29) is 11.5 Å². The SMILES string of the molecule is COc1cncc(C(=O)c2ccc(OC)nn2)c1. The second-order valence-electron chi connectivity index (χ2n) is 3.40. The van der Waals surface area contributed by atoms with E-state index in [1.165, 1.54) is 26.6 Å². The molecule has 0 fully saturated rings. The van der Waals surface area contributed by atoms with E-state index in [1.54, 1.807) is 18.2 Å². The van der Waals surface area contributed by atoms with Crippen molar-refractivity contribution < 1.29 is 14.3 Å². The molecule has 0 aliphatic rings. The Bertz CT molecular complexity index is 555. The van der Waals surface area contributed by atoms with Gasteiger partial charge in [0.1, 0.15) is 11.4 Å². The number of carbonyl (C=O) groups excluding carboxylic acids is 1. The highest BCUT2D eigenvalue weighted by Gasteiger charge is 2.12. The van der Waals surface area contributed by atoms with E-state index >= 15 is 0 Å². The molecule has 2 rings (SSSR count). The predicted octanol–water partition coefficient (Wildman–Crippen LogP) is 1.12. The summed E-state index contributed by atoms with van der Waals surface area (Å²) in [7, 11) is 3.00. The quantitative estimate of drug-likeness (QED) is 0.751. The third-order valence-corrected chi connectivity index (χ3v) is 2.29. The summed E-state index contributed by atoms with van der Waals surface area (Å²) in [4.78, 5) is 16.0. The molecule has 0 atom stereocenters. The lowest BCUT2D eigenvalue weighted by Crippen LogP contribution is -2.06. The van der Waals surface area contributed by atoms with Crippen LogP contribution in [0.5, 0.6) is 11.6 Å². The first-order chi connectivity index (χ1) is 8.74. The Hall–Kier alpha value is -2.50. The van der Waals surface area contributed by atoms with E-state index in [0.717, 1.165) is 0 Å². The number of ether oxygens (including phenoxy) is 2. The number of methoxy groups -OCH3 is 2. The maximum absolute atomic E-state index is 12.1. The zero-order chi connectivity index (χ0) is 13.0. The molecule has 2 aromatic heterocycles. The van der Waals surface area contributed by atoms with E-state index in [2.05, 4.69) is 15.2 Å². The van der Waals surface area contributed by atoms with E-state index in [9.17, 15) is 4.79 Å². The van der Waals surface area contributed by atoms with Crippen molar-refractivity contribution in [3.8, 4) is 11.6 Å². The van der Waals surface area contributed by atoms with Gasteiger partial charge in [0, 0.05) is 17.8 Å². The van der Waals surface area contributed by atoms with Gasteiger partial charge >= 0.3 is 0 Å². The molecular weight excluding hydrogens is 234 g/mol. The lowest BCUT2D eigenvalue weighted by Gasteiger charge is -2.03. The minimum Gasteiger partial charge on any atom is -0.495 e. The molecule has 0 saturated heterocycles. The van der Waals surface area contributed by atoms with E-state index in [0.29, 0.717) is 17.2 Å². The predicted molar refractivity (Wildman–Crippen MR) is 62.8 cm³/mol. The molecule has 0 aliphatic carbocycles. The van der Waals surface area contributed by atoms with Crippen molar-refractivity contribution in [1.29, 1.82) is 0 Å². The monoisotopic (exact) mass is 245 g/mol. The summed E-state index contributed by atoms with van der Waals surface area (Å²) in [5.41, 5.74) is 0.625. The number of aromatic nitrogens is 3. The van der Waals surface area contributed by atoms with Gasteiger partial charge in [0.05, 0.1) is 20.4 Å². The Labute approximate surface area is 104 Å². The molecule has 92 valence electrons. The van der Waals surface area contributed by atoms with Crippen molar-refractivity contribution in [1.82, 2.24) is 15.2 Å². The number of hydrogen-bond acceptors (Lipinski definition) is 6. The smallest absolute Gasteiger partial charge is 0.233 e. The minimum atomic E-state index is -0.267. The Morgan fingerprint density at radius 1 is 1.11 bits per heavy atom. The van der Waals surface area contributed by atoms with Crippen LogP contribution >= 0.6 is 0 Å². The first kappa shape index (κ1) is 12.0. The van der Waals surface area contributed by atoms with Crippen LogP contribution in [-0.4, -0.2) is 35.2 Å². The van der Waals surface area contributed by atoms with Crippen LogP contribution in [0, 0.1) is 0 Å². The molecule has 0 bridgehead atoms. The zero-order valence-electron chi connectivity index (χ0n) is 9.95. The van der Waals surface area contributed by atoms with Crippen LogP contribution in [0.4, 0.5) is 0 Å². The fourth-order valence-corrected chi connectivity index (χ4v) is 1.35. The first-order valence-electron chi connectivity index (χ1n) is 5.16. The molecule has 6 heteroatoms. The maximum atomic E-state index is 12.1. The Kier molecular flexibility index (Phi) is 3.47. The molecule has 0 aromatic carbocycles. The standard InChI is InChI=1S/C12H11N3O3/c1-17-9-5-8(6-13-7-9)12(16)10-3-4-11(18-2)15-14-10/h3-7H,1-2H3. The second-order valence-corrected chi connectivity index (χ2v) is 3.40.